The van der Waals surface area contributed by atoms with Crippen LogP contribution in [-0.4, -0.2) is 18.6 Å². The van der Waals surface area contributed by atoms with Gasteiger partial charge in [-0.15, -0.1) is 0 Å². The number of nitrogens with two attached hydrogens (primary N) is 2. The Balaban J connectivity index is 4.66. The Morgan fingerprint density at radius 1 is 1.43 bits per heavy atom. The Hall–Kier alpha value is -1.78. The highest BCUT2D eigenvalue weighted by molar-refractivity contribution is 5.94. The Morgan fingerprint density at radius 3 is 2.50 bits per heavy atom. The molecular formula is C9H17N5. The average Bonchev–Trinajstić information content (AvgIpc) is 2.14. The van der Waals surface area contributed by atoms with Gasteiger partial charge in [-0.3, -0.25) is 10.4 Å². The number of amidine groups is 1. The van der Waals surface area contributed by atoms with E-state index in [9.17, 15) is 0 Å². The maximum absolute atomic E-state index is 7.29. The molecule has 5 heteroatoms. The minimum absolute atomic E-state index is 0.0908. The maximum atomic E-state index is 7.29. The van der Waals surface area contributed by atoms with E-state index in [4.69, 9.17) is 16.9 Å². The normalized spacial score (nSPS) is 13.3. The van der Waals surface area contributed by atoms with Crippen LogP contribution in [-0.2, 0) is 0 Å². The van der Waals surface area contributed by atoms with Gasteiger partial charge in [0.25, 0.3) is 0 Å². The summed E-state index contributed by atoms with van der Waals surface area (Å²) < 4.78 is 0. The van der Waals surface area contributed by atoms with Crippen LogP contribution in [0.1, 0.15) is 13.8 Å². The summed E-state index contributed by atoms with van der Waals surface area (Å²) in [6, 6.07) is 0. The zero-order valence-corrected chi connectivity index (χ0v) is 8.54. The Bertz CT molecular complexity index is 275. The van der Waals surface area contributed by atoms with Crippen molar-refractivity contribution in [3.8, 4) is 0 Å². The molecule has 0 radical (unpaired) electrons. The smallest absolute Gasteiger partial charge is 0.141 e. The van der Waals surface area contributed by atoms with E-state index in [-0.39, 0.29) is 5.84 Å². The molecule has 14 heavy (non-hydrogen) atoms. The lowest BCUT2D eigenvalue weighted by Crippen LogP contribution is -2.27. The molecule has 0 aliphatic carbocycles. The SMILES string of the molecule is CC=CN/C(C(=N)N)=C(\N)C/N=C\C. The van der Waals surface area contributed by atoms with Gasteiger partial charge < -0.3 is 16.8 Å². The van der Waals surface area contributed by atoms with Crippen LogP contribution >= 0.6 is 0 Å². The molecule has 0 aliphatic rings. The molecule has 0 aromatic heterocycles. The second-order valence-corrected chi connectivity index (χ2v) is 2.56. The first-order chi connectivity index (χ1) is 6.63. The average molecular weight is 195 g/mol. The van der Waals surface area contributed by atoms with Crippen molar-refractivity contribution in [1.29, 1.82) is 5.41 Å². The predicted octanol–water partition coefficient (Wildman–Crippen LogP) is 0.307. The van der Waals surface area contributed by atoms with E-state index in [0.29, 0.717) is 17.9 Å². The van der Waals surface area contributed by atoms with Crippen molar-refractivity contribution >= 4 is 12.1 Å². The lowest BCUT2D eigenvalue weighted by molar-refractivity contribution is 1.00. The van der Waals surface area contributed by atoms with E-state index in [1.54, 1.807) is 25.4 Å². The number of aliphatic imine (C=N–C) groups is 1. The Morgan fingerprint density at radius 2 is 2.07 bits per heavy atom. The molecule has 0 rings (SSSR count). The fourth-order valence-corrected chi connectivity index (χ4v) is 0.779. The van der Waals surface area contributed by atoms with Crippen LogP contribution < -0.4 is 16.8 Å². The molecule has 5 nitrogen and oxygen atoms in total. The van der Waals surface area contributed by atoms with Crippen LogP contribution in [0.2, 0.25) is 0 Å². The number of rotatable bonds is 5. The van der Waals surface area contributed by atoms with Crippen molar-refractivity contribution in [3.05, 3.63) is 23.7 Å². The summed E-state index contributed by atoms with van der Waals surface area (Å²) >= 11 is 0. The number of hydrogen-bond acceptors (Lipinski definition) is 4. The third-order valence-corrected chi connectivity index (χ3v) is 1.43. The highest BCUT2D eigenvalue weighted by Crippen LogP contribution is 1.95. The quantitative estimate of drug-likeness (QED) is 0.375. The summed E-state index contributed by atoms with van der Waals surface area (Å²) in [4.78, 5) is 3.96. The molecule has 0 aromatic rings. The topological polar surface area (TPSA) is 100 Å². The third kappa shape index (κ3) is 4.30. The molecule has 0 aromatic carbocycles. The van der Waals surface area contributed by atoms with Gasteiger partial charge in [0.05, 0.1) is 12.2 Å². The van der Waals surface area contributed by atoms with Crippen LogP contribution in [0.4, 0.5) is 0 Å². The molecule has 0 fully saturated rings. The molecule has 78 valence electrons. The number of nitrogens with zero attached hydrogens (tertiary/aromatic N) is 1. The van der Waals surface area contributed by atoms with E-state index >= 15 is 0 Å². The van der Waals surface area contributed by atoms with Gasteiger partial charge >= 0.3 is 0 Å². The lowest BCUT2D eigenvalue weighted by atomic mass is 10.3. The second-order valence-electron chi connectivity index (χ2n) is 2.56. The van der Waals surface area contributed by atoms with Crippen molar-refractivity contribution in [2.75, 3.05) is 6.54 Å². The van der Waals surface area contributed by atoms with E-state index in [0.717, 1.165) is 0 Å². The summed E-state index contributed by atoms with van der Waals surface area (Å²) in [6.07, 6.45) is 5.11. The predicted molar refractivity (Wildman–Crippen MR) is 60.1 cm³/mol. The van der Waals surface area contributed by atoms with Crippen LogP contribution in [0.15, 0.2) is 28.7 Å². The minimum Gasteiger partial charge on any atom is -0.399 e. The summed E-state index contributed by atoms with van der Waals surface area (Å²) in [5.74, 6) is -0.0908. The highest BCUT2D eigenvalue weighted by atomic mass is 14.9. The summed E-state index contributed by atoms with van der Waals surface area (Å²) in [5, 5.41) is 10.1. The van der Waals surface area contributed by atoms with Crippen LogP contribution in [0.3, 0.4) is 0 Å². The molecular weight excluding hydrogens is 178 g/mol. The van der Waals surface area contributed by atoms with Crippen LogP contribution in [0.25, 0.3) is 0 Å². The van der Waals surface area contributed by atoms with Crippen molar-refractivity contribution in [2.24, 2.45) is 16.5 Å². The van der Waals surface area contributed by atoms with Gasteiger partial charge in [0.15, 0.2) is 0 Å². The molecule has 0 unspecified atom stereocenters. The zero-order chi connectivity index (χ0) is 11.0. The maximum Gasteiger partial charge on any atom is 0.141 e. The molecule has 0 heterocycles. The van der Waals surface area contributed by atoms with E-state index in [1.165, 1.54) is 0 Å². The van der Waals surface area contributed by atoms with E-state index in [1.807, 2.05) is 6.92 Å². The van der Waals surface area contributed by atoms with Crippen molar-refractivity contribution in [1.82, 2.24) is 5.32 Å². The first-order valence-corrected chi connectivity index (χ1v) is 4.28. The standard InChI is InChI=1S/C9H17N5/c1-3-5-14-8(9(11)12)7(10)6-13-4-2/h3-5,14H,6,10H2,1-2H3,(H3,11,12)/b5-3?,8-7-,13-4-. The van der Waals surface area contributed by atoms with Gasteiger partial charge in [-0.2, -0.15) is 0 Å². The number of hydrogen-bond donors (Lipinski definition) is 4. The zero-order valence-electron chi connectivity index (χ0n) is 8.54. The molecule has 0 aliphatic heterocycles. The summed E-state index contributed by atoms with van der Waals surface area (Å²) in [7, 11) is 0. The lowest BCUT2D eigenvalue weighted by Gasteiger charge is -2.08. The van der Waals surface area contributed by atoms with Crippen molar-refractivity contribution < 1.29 is 0 Å². The molecule has 0 bridgehead atoms. The van der Waals surface area contributed by atoms with Gasteiger partial charge in [0.1, 0.15) is 11.5 Å². The molecule has 0 saturated carbocycles. The Labute approximate surface area is 84.1 Å². The second kappa shape index (κ2) is 6.71. The summed E-state index contributed by atoms with van der Waals surface area (Å²) in [5.41, 5.74) is 11.9. The minimum atomic E-state index is -0.0908. The van der Waals surface area contributed by atoms with Crippen molar-refractivity contribution in [3.63, 3.8) is 0 Å². The fraction of sp³-hybridized carbons (Fsp3) is 0.333. The van der Waals surface area contributed by atoms with Gasteiger partial charge in [-0.05, 0) is 26.3 Å². The highest BCUT2D eigenvalue weighted by Gasteiger charge is 2.03. The van der Waals surface area contributed by atoms with Crippen LogP contribution in [0, 0.1) is 5.41 Å². The molecule has 6 N–H and O–H groups in total. The van der Waals surface area contributed by atoms with Gasteiger partial charge in [0.2, 0.25) is 0 Å². The Kier molecular flexibility index (Phi) is 5.85. The van der Waals surface area contributed by atoms with Crippen molar-refractivity contribution in [2.45, 2.75) is 13.8 Å². The first-order valence-electron chi connectivity index (χ1n) is 4.28. The molecule has 0 amide bonds. The number of allylic oxidation sites excluding steroid dienone is 1. The van der Waals surface area contributed by atoms with Crippen LogP contribution in [0.5, 0.6) is 0 Å². The van der Waals surface area contributed by atoms with Gasteiger partial charge in [0, 0.05) is 0 Å². The third-order valence-electron chi connectivity index (χ3n) is 1.43. The fourth-order valence-electron chi connectivity index (χ4n) is 0.779. The molecule has 0 saturated heterocycles. The summed E-state index contributed by atoms with van der Waals surface area (Å²) in [6.45, 7) is 4.00. The van der Waals surface area contributed by atoms with Gasteiger partial charge in [-0.25, -0.2) is 0 Å². The van der Waals surface area contributed by atoms with E-state index < -0.39 is 0 Å². The van der Waals surface area contributed by atoms with E-state index in [2.05, 4.69) is 10.3 Å². The molecule has 0 atom stereocenters. The molecule has 0 spiro atoms. The first kappa shape index (κ1) is 12.2. The largest absolute Gasteiger partial charge is 0.399 e. The number of nitrogens with one attached hydrogen (secondary N) is 2. The monoisotopic (exact) mass is 195 g/mol. The van der Waals surface area contributed by atoms with Gasteiger partial charge in [-0.1, -0.05) is 6.08 Å².